The van der Waals surface area contributed by atoms with Crippen molar-refractivity contribution in [3.63, 3.8) is 0 Å². The highest BCUT2D eigenvalue weighted by molar-refractivity contribution is 7.89. The maximum absolute atomic E-state index is 13.5. The number of nitrogens with two attached hydrogens (primary N) is 2. The first-order valence-corrected chi connectivity index (χ1v) is 13.2. The van der Waals surface area contributed by atoms with Gasteiger partial charge < -0.3 is 15.4 Å². The molecule has 0 saturated heterocycles. The lowest BCUT2D eigenvalue weighted by Gasteiger charge is -2.23. The molecule has 4 aromatic rings. The highest BCUT2D eigenvalue weighted by atomic mass is 32.2. The molecule has 38 heavy (non-hydrogen) atoms. The van der Waals surface area contributed by atoms with Gasteiger partial charge in [-0.25, -0.2) is 13.6 Å². The van der Waals surface area contributed by atoms with Gasteiger partial charge in [-0.05, 0) is 47.5 Å². The molecule has 0 spiro atoms. The lowest BCUT2D eigenvalue weighted by molar-refractivity contribution is 0.0716. The lowest BCUT2D eigenvalue weighted by Crippen LogP contribution is -2.34. The first-order chi connectivity index (χ1) is 18.2. The minimum absolute atomic E-state index is 0.0169. The number of primary sulfonamides is 1. The molecule has 194 valence electrons. The minimum Gasteiger partial charge on any atom is -0.492 e. The van der Waals surface area contributed by atoms with Crippen LogP contribution in [-0.2, 0) is 16.6 Å². The number of nitrogens with one attached hydrogen (secondary N) is 1. The van der Waals surface area contributed by atoms with Crippen LogP contribution in [0.15, 0.2) is 102 Å². The predicted molar refractivity (Wildman–Crippen MR) is 145 cm³/mol. The summed E-state index contributed by atoms with van der Waals surface area (Å²) in [5.74, 6) is 0.268. The van der Waals surface area contributed by atoms with Crippen molar-refractivity contribution in [2.75, 3.05) is 13.2 Å². The average molecular weight is 530 g/mol. The molecule has 0 atom stereocenters. The van der Waals surface area contributed by atoms with E-state index < -0.39 is 10.0 Å². The van der Waals surface area contributed by atoms with Crippen molar-refractivity contribution in [1.82, 2.24) is 9.88 Å². The monoisotopic (exact) mass is 529 g/mol. The predicted octanol–water partition coefficient (Wildman–Crippen LogP) is 3.40. The second kappa shape index (κ2) is 11.7. The number of hydrogen-bond donors (Lipinski definition) is 3. The number of nitrogen functional groups attached to an aromatic ring is 1. The molecule has 0 aliphatic rings. The van der Waals surface area contributed by atoms with E-state index in [-0.39, 0.29) is 29.8 Å². The number of carbonyl (C=O) groups excluding carboxylic acids is 1. The van der Waals surface area contributed by atoms with Gasteiger partial charge in [0.05, 0.1) is 11.4 Å². The molecule has 5 N–H and O–H groups in total. The van der Waals surface area contributed by atoms with E-state index in [4.69, 9.17) is 21.0 Å². The average Bonchev–Trinajstić information content (AvgIpc) is 2.92. The van der Waals surface area contributed by atoms with Crippen molar-refractivity contribution in [2.45, 2.75) is 11.4 Å². The van der Waals surface area contributed by atoms with Crippen LogP contribution in [0.3, 0.4) is 0 Å². The SMILES string of the molecule is N=C(N)c1cccc(OCCN(Cc2cccnc2)C(=O)c2ccc(-c3ccccc3S(N)(=O)=O)cc2)c1. The van der Waals surface area contributed by atoms with Crippen molar-refractivity contribution >= 4 is 21.8 Å². The van der Waals surface area contributed by atoms with Crippen LogP contribution >= 0.6 is 0 Å². The molecule has 1 aromatic heterocycles. The Balaban J connectivity index is 1.53. The third-order valence-electron chi connectivity index (χ3n) is 5.79. The summed E-state index contributed by atoms with van der Waals surface area (Å²) in [4.78, 5) is 19.3. The molecule has 0 aliphatic carbocycles. The van der Waals surface area contributed by atoms with Gasteiger partial charge in [-0.3, -0.25) is 15.2 Å². The van der Waals surface area contributed by atoms with Gasteiger partial charge in [0, 0.05) is 35.6 Å². The molecule has 3 aromatic carbocycles. The van der Waals surface area contributed by atoms with Crippen molar-refractivity contribution < 1.29 is 17.9 Å². The fourth-order valence-corrected chi connectivity index (χ4v) is 4.68. The summed E-state index contributed by atoms with van der Waals surface area (Å²) in [6.45, 7) is 0.820. The number of rotatable bonds is 10. The minimum atomic E-state index is -3.91. The first kappa shape index (κ1) is 26.5. The van der Waals surface area contributed by atoms with Gasteiger partial charge >= 0.3 is 0 Å². The maximum Gasteiger partial charge on any atom is 0.254 e. The summed E-state index contributed by atoms with van der Waals surface area (Å²) in [5.41, 5.74) is 8.49. The molecule has 4 rings (SSSR count). The number of sulfonamides is 1. The molecule has 10 heteroatoms. The van der Waals surface area contributed by atoms with Gasteiger partial charge in [0.15, 0.2) is 0 Å². The fourth-order valence-electron chi connectivity index (χ4n) is 3.92. The van der Waals surface area contributed by atoms with E-state index in [9.17, 15) is 13.2 Å². The van der Waals surface area contributed by atoms with E-state index in [2.05, 4.69) is 4.98 Å². The van der Waals surface area contributed by atoms with Gasteiger partial charge in [-0.15, -0.1) is 0 Å². The number of benzene rings is 3. The number of aromatic nitrogens is 1. The zero-order valence-corrected chi connectivity index (χ0v) is 21.3. The fraction of sp³-hybridized carbons (Fsp3) is 0.107. The van der Waals surface area contributed by atoms with Crippen molar-refractivity contribution in [3.05, 3.63) is 114 Å². The summed E-state index contributed by atoms with van der Waals surface area (Å²) < 4.78 is 29.8. The van der Waals surface area contributed by atoms with Crippen molar-refractivity contribution in [2.24, 2.45) is 10.9 Å². The molecule has 1 heterocycles. The molecule has 1 amide bonds. The summed E-state index contributed by atoms with van der Waals surface area (Å²) >= 11 is 0. The van der Waals surface area contributed by atoms with Crippen molar-refractivity contribution in [1.29, 1.82) is 5.41 Å². The molecule has 9 nitrogen and oxygen atoms in total. The van der Waals surface area contributed by atoms with Crippen LogP contribution in [0.25, 0.3) is 11.1 Å². The number of hydrogen-bond acceptors (Lipinski definition) is 6. The van der Waals surface area contributed by atoms with E-state index in [1.54, 1.807) is 90.1 Å². The number of amides is 1. The van der Waals surface area contributed by atoms with Gasteiger partial charge in [0.1, 0.15) is 18.2 Å². The second-order valence-corrected chi connectivity index (χ2v) is 10.0. The van der Waals surface area contributed by atoms with E-state index in [0.29, 0.717) is 34.5 Å². The van der Waals surface area contributed by atoms with Crippen LogP contribution in [0, 0.1) is 5.41 Å². The zero-order valence-electron chi connectivity index (χ0n) is 20.4. The third kappa shape index (κ3) is 6.61. The Labute approximate surface area is 221 Å². The number of ether oxygens (including phenoxy) is 1. The highest BCUT2D eigenvalue weighted by Crippen LogP contribution is 2.27. The molecule has 0 saturated carbocycles. The molecule has 0 bridgehead atoms. The van der Waals surface area contributed by atoms with Gasteiger partial charge in [0.2, 0.25) is 10.0 Å². The summed E-state index contributed by atoms with van der Waals surface area (Å²) in [7, 11) is -3.91. The lowest BCUT2D eigenvalue weighted by atomic mass is 10.0. The Hall–Kier alpha value is -4.54. The second-order valence-electron chi connectivity index (χ2n) is 8.50. The standard InChI is InChI=1S/C28H27N5O4S/c29-27(30)23-6-3-7-24(17-23)37-16-15-33(19-20-5-4-14-32-18-20)28(34)22-12-10-21(11-13-22)25-8-1-2-9-26(25)38(31,35)36/h1-14,17-18H,15-16,19H2,(H3,29,30)(H2,31,35,36). The molecule has 0 fully saturated rings. The Kier molecular flexibility index (Phi) is 8.15. The van der Waals surface area contributed by atoms with Crippen LogP contribution in [0.5, 0.6) is 5.75 Å². The summed E-state index contributed by atoms with van der Waals surface area (Å²) in [6, 6.07) is 23.8. The number of pyridine rings is 1. The summed E-state index contributed by atoms with van der Waals surface area (Å²) in [5, 5.41) is 13.0. The van der Waals surface area contributed by atoms with Crippen LogP contribution in [0.4, 0.5) is 0 Å². The van der Waals surface area contributed by atoms with Crippen molar-refractivity contribution in [3.8, 4) is 16.9 Å². The van der Waals surface area contributed by atoms with Gasteiger partial charge in [-0.2, -0.15) is 0 Å². The van der Waals surface area contributed by atoms with Crippen LogP contribution in [-0.4, -0.2) is 43.2 Å². The normalized spacial score (nSPS) is 11.1. The van der Waals surface area contributed by atoms with Gasteiger partial charge in [-0.1, -0.05) is 48.5 Å². The molecule has 0 unspecified atom stereocenters. The summed E-state index contributed by atoms with van der Waals surface area (Å²) in [6.07, 6.45) is 3.36. The smallest absolute Gasteiger partial charge is 0.254 e. The number of carbonyl (C=O) groups is 1. The Morgan fingerprint density at radius 2 is 1.71 bits per heavy atom. The first-order valence-electron chi connectivity index (χ1n) is 11.7. The van der Waals surface area contributed by atoms with Crippen LogP contribution in [0.2, 0.25) is 0 Å². The quantitative estimate of drug-likeness (QED) is 0.211. The Morgan fingerprint density at radius 3 is 2.39 bits per heavy atom. The third-order valence-corrected chi connectivity index (χ3v) is 6.76. The highest BCUT2D eigenvalue weighted by Gasteiger charge is 2.19. The Morgan fingerprint density at radius 1 is 0.947 bits per heavy atom. The van der Waals surface area contributed by atoms with E-state index in [1.807, 2.05) is 6.07 Å². The molecular weight excluding hydrogens is 502 g/mol. The van der Waals surface area contributed by atoms with E-state index in [0.717, 1.165) is 5.56 Å². The number of nitrogens with zero attached hydrogens (tertiary/aromatic N) is 2. The van der Waals surface area contributed by atoms with Crippen LogP contribution < -0.4 is 15.6 Å². The maximum atomic E-state index is 13.5. The topological polar surface area (TPSA) is 152 Å². The number of amidine groups is 1. The van der Waals surface area contributed by atoms with Gasteiger partial charge in [0.25, 0.3) is 5.91 Å². The molecule has 0 aliphatic heterocycles. The Bertz CT molecular complexity index is 1540. The molecular formula is C28H27N5O4S. The van der Waals surface area contributed by atoms with E-state index >= 15 is 0 Å². The largest absolute Gasteiger partial charge is 0.492 e. The van der Waals surface area contributed by atoms with E-state index in [1.165, 1.54) is 6.07 Å². The van der Waals surface area contributed by atoms with Crippen LogP contribution in [0.1, 0.15) is 21.5 Å². The molecule has 0 radical (unpaired) electrons. The zero-order chi connectivity index (χ0) is 27.1.